The largest absolute Gasteiger partial charge is 0.385 e. The number of carbonyl (C=O) groups is 1. The van der Waals surface area contributed by atoms with Gasteiger partial charge in [0, 0.05) is 10.9 Å². The molecule has 0 aliphatic carbocycles. The quantitative estimate of drug-likeness (QED) is 0.758. The topological polar surface area (TPSA) is 54.2 Å². The lowest BCUT2D eigenvalue weighted by atomic mass is 10.1. The molecular weight excluding hydrogens is 340 g/mol. The summed E-state index contributed by atoms with van der Waals surface area (Å²) >= 11 is 5.89. The van der Waals surface area contributed by atoms with Crippen molar-refractivity contribution in [1.29, 1.82) is 0 Å². The molecule has 1 fully saturated rings. The molecule has 5 nitrogen and oxygen atoms in total. The molecule has 0 radical (unpaired) electrons. The highest BCUT2D eigenvalue weighted by Crippen LogP contribution is 2.19. The Kier molecular flexibility index (Phi) is 7.69. The lowest BCUT2D eigenvalue weighted by Crippen LogP contribution is -3.16. The summed E-state index contributed by atoms with van der Waals surface area (Å²) in [5.41, 5.74) is 1.05. The Labute approximate surface area is 155 Å². The van der Waals surface area contributed by atoms with Crippen LogP contribution in [0.15, 0.2) is 24.3 Å². The molecule has 1 aromatic rings. The van der Waals surface area contributed by atoms with Gasteiger partial charge in [-0.2, -0.15) is 0 Å². The average Bonchev–Trinajstić information content (AvgIpc) is 2.60. The molecule has 1 aliphatic heterocycles. The van der Waals surface area contributed by atoms with Gasteiger partial charge in [-0.1, -0.05) is 37.6 Å². The van der Waals surface area contributed by atoms with E-state index in [4.69, 9.17) is 16.3 Å². The molecule has 0 bridgehead atoms. The number of hydrogen-bond donors (Lipinski definition) is 2. The predicted molar refractivity (Wildman–Crippen MR) is 98.8 cm³/mol. The first kappa shape index (κ1) is 20.2. The van der Waals surface area contributed by atoms with E-state index in [0.29, 0.717) is 18.2 Å². The number of aliphatic hydroxyl groups excluding tert-OH is 1. The van der Waals surface area contributed by atoms with Crippen LogP contribution in [-0.2, 0) is 9.53 Å². The Balaban J connectivity index is 1.69. The SMILES string of the molecule is CC(C)C(=O)N1CC[NH+](C[C@H](O)CO[C@H](C)c2ccc(Cl)cc2)CC1. The highest BCUT2D eigenvalue weighted by Gasteiger charge is 2.26. The number of rotatable bonds is 7. The minimum absolute atomic E-state index is 0.0508. The Bertz CT molecular complexity index is 542. The third-order valence-corrected chi connectivity index (χ3v) is 4.93. The first-order chi connectivity index (χ1) is 11.9. The van der Waals surface area contributed by atoms with Crippen LogP contribution in [0.3, 0.4) is 0 Å². The van der Waals surface area contributed by atoms with Gasteiger partial charge < -0.3 is 19.6 Å². The van der Waals surface area contributed by atoms with E-state index in [2.05, 4.69) is 0 Å². The number of aliphatic hydroxyl groups is 1. The third kappa shape index (κ3) is 6.26. The second kappa shape index (κ2) is 9.53. The van der Waals surface area contributed by atoms with E-state index in [1.54, 1.807) is 0 Å². The van der Waals surface area contributed by atoms with Gasteiger partial charge in [-0.05, 0) is 24.6 Å². The Morgan fingerprint density at radius 1 is 1.24 bits per heavy atom. The minimum atomic E-state index is -0.503. The van der Waals surface area contributed by atoms with E-state index in [1.807, 2.05) is 49.9 Å². The molecular formula is C19H30ClN2O3+. The Morgan fingerprint density at radius 2 is 1.84 bits per heavy atom. The van der Waals surface area contributed by atoms with E-state index >= 15 is 0 Å². The van der Waals surface area contributed by atoms with Gasteiger partial charge in [-0.3, -0.25) is 4.79 Å². The lowest BCUT2D eigenvalue weighted by molar-refractivity contribution is -0.907. The van der Waals surface area contributed by atoms with Crippen LogP contribution >= 0.6 is 11.6 Å². The molecule has 0 saturated carbocycles. The summed E-state index contributed by atoms with van der Waals surface area (Å²) in [7, 11) is 0. The van der Waals surface area contributed by atoms with Gasteiger partial charge in [0.1, 0.15) is 12.6 Å². The number of nitrogens with zero attached hydrogens (tertiary/aromatic N) is 1. The number of carbonyl (C=O) groups excluding carboxylic acids is 1. The minimum Gasteiger partial charge on any atom is -0.385 e. The van der Waals surface area contributed by atoms with Crippen molar-refractivity contribution >= 4 is 17.5 Å². The van der Waals surface area contributed by atoms with Gasteiger partial charge in [-0.25, -0.2) is 0 Å². The van der Waals surface area contributed by atoms with E-state index in [9.17, 15) is 9.90 Å². The van der Waals surface area contributed by atoms with Crippen molar-refractivity contribution in [2.45, 2.75) is 33.0 Å². The molecule has 6 heteroatoms. The molecule has 1 amide bonds. The zero-order chi connectivity index (χ0) is 18.4. The van der Waals surface area contributed by atoms with Gasteiger partial charge in [0.05, 0.1) is 38.9 Å². The van der Waals surface area contributed by atoms with Crippen molar-refractivity contribution in [3.8, 4) is 0 Å². The lowest BCUT2D eigenvalue weighted by Gasteiger charge is -2.34. The zero-order valence-corrected chi connectivity index (χ0v) is 16.1. The van der Waals surface area contributed by atoms with Crippen LogP contribution < -0.4 is 4.90 Å². The fraction of sp³-hybridized carbons (Fsp3) is 0.632. The third-order valence-electron chi connectivity index (χ3n) is 4.68. The molecule has 2 atom stereocenters. The molecule has 0 aromatic heterocycles. The van der Waals surface area contributed by atoms with Gasteiger partial charge in [-0.15, -0.1) is 0 Å². The molecule has 2 N–H and O–H groups in total. The summed E-state index contributed by atoms with van der Waals surface area (Å²) in [6, 6.07) is 7.57. The van der Waals surface area contributed by atoms with Crippen LogP contribution in [0.2, 0.25) is 5.02 Å². The highest BCUT2D eigenvalue weighted by molar-refractivity contribution is 6.30. The molecule has 140 valence electrons. The molecule has 25 heavy (non-hydrogen) atoms. The summed E-state index contributed by atoms with van der Waals surface area (Å²) in [5, 5.41) is 11.0. The molecule has 0 unspecified atom stereocenters. The molecule has 1 aliphatic rings. The first-order valence-corrected chi connectivity index (χ1v) is 9.42. The van der Waals surface area contributed by atoms with Crippen LogP contribution in [0.25, 0.3) is 0 Å². The van der Waals surface area contributed by atoms with Crippen LogP contribution in [0, 0.1) is 5.92 Å². The number of benzene rings is 1. The number of nitrogens with one attached hydrogen (secondary N) is 1. The van der Waals surface area contributed by atoms with Crippen molar-refractivity contribution in [3.05, 3.63) is 34.9 Å². The number of ether oxygens (including phenoxy) is 1. The molecule has 1 aromatic carbocycles. The van der Waals surface area contributed by atoms with Gasteiger partial charge in [0.25, 0.3) is 0 Å². The number of piperazine rings is 1. The Hall–Kier alpha value is -1.14. The molecule has 0 spiro atoms. The van der Waals surface area contributed by atoms with Crippen molar-refractivity contribution < 1.29 is 19.5 Å². The summed E-state index contributed by atoms with van der Waals surface area (Å²) < 4.78 is 5.79. The summed E-state index contributed by atoms with van der Waals surface area (Å²) in [5.74, 6) is 0.273. The average molecular weight is 370 g/mol. The van der Waals surface area contributed by atoms with Crippen molar-refractivity contribution in [2.24, 2.45) is 5.92 Å². The normalized spacial score (nSPS) is 18.4. The second-order valence-corrected chi connectivity index (χ2v) is 7.55. The summed E-state index contributed by atoms with van der Waals surface area (Å²) in [4.78, 5) is 15.3. The fourth-order valence-corrected chi connectivity index (χ4v) is 3.22. The standard InChI is InChI=1S/C19H29ClN2O3/c1-14(2)19(24)22-10-8-21(9-11-22)12-18(23)13-25-15(3)16-4-6-17(20)7-5-16/h4-7,14-15,18,23H,8-13H2,1-3H3/p+1/t15-,18+/m1/s1. The molecule has 1 saturated heterocycles. The zero-order valence-electron chi connectivity index (χ0n) is 15.4. The molecule has 1 heterocycles. The van der Waals surface area contributed by atoms with E-state index in [1.165, 1.54) is 4.90 Å². The summed E-state index contributed by atoms with van der Waals surface area (Å²) in [6.45, 7) is 10.1. The maximum Gasteiger partial charge on any atom is 0.225 e. The van der Waals surface area contributed by atoms with Crippen LogP contribution in [0.4, 0.5) is 0 Å². The fourth-order valence-electron chi connectivity index (χ4n) is 3.09. The van der Waals surface area contributed by atoms with Crippen molar-refractivity contribution in [1.82, 2.24) is 4.90 Å². The molecule has 2 rings (SSSR count). The van der Waals surface area contributed by atoms with Gasteiger partial charge in [0.15, 0.2) is 0 Å². The maximum absolute atomic E-state index is 12.0. The van der Waals surface area contributed by atoms with Crippen molar-refractivity contribution in [3.63, 3.8) is 0 Å². The van der Waals surface area contributed by atoms with E-state index < -0.39 is 6.10 Å². The maximum atomic E-state index is 12.0. The highest BCUT2D eigenvalue weighted by atomic mass is 35.5. The smallest absolute Gasteiger partial charge is 0.225 e. The van der Waals surface area contributed by atoms with E-state index in [0.717, 1.165) is 31.7 Å². The predicted octanol–water partition coefficient (Wildman–Crippen LogP) is 1.16. The van der Waals surface area contributed by atoms with Gasteiger partial charge >= 0.3 is 0 Å². The summed E-state index contributed by atoms with van der Waals surface area (Å²) in [6.07, 6.45) is -0.584. The second-order valence-electron chi connectivity index (χ2n) is 7.12. The van der Waals surface area contributed by atoms with E-state index in [-0.39, 0.29) is 17.9 Å². The monoisotopic (exact) mass is 369 g/mol. The van der Waals surface area contributed by atoms with Crippen molar-refractivity contribution in [2.75, 3.05) is 39.3 Å². The Morgan fingerprint density at radius 3 is 2.40 bits per heavy atom. The van der Waals surface area contributed by atoms with Gasteiger partial charge in [0.2, 0.25) is 5.91 Å². The number of quaternary nitrogens is 1. The van der Waals surface area contributed by atoms with Crippen LogP contribution in [-0.4, -0.2) is 61.3 Å². The van der Waals surface area contributed by atoms with Crippen LogP contribution in [0.5, 0.6) is 0 Å². The van der Waals surface area contributed by atoms with Crippen LogP contribution in [0.1, 0.15) is 32.4 Å². The number of amides is 1. The first-order valence-electron chi connectivity index (χ1n) is 9.04. The number of hydrogen-bond acceptors (Lipinski definition) is 3. The number of halogens is 1.